The zero-order valence-electron chi connectivity index (χ0n) is 7.96. The van der Waals surface area contributed by atoms with Crippen LogP contribution in [0.15, 0.2) is 41.8 Å². The molecule has 1 aromatic rings. The Bertz CT molecular complexity index is 348. The molecule has 1 N–H and O–H groups in total. The molecule has 1 aliphatic rings. The second-order valence-corrected chi connectivity index (χ2v) is 3.50. The molecule has 74 valence electrons. The highest BCUT2D eigenvalue weighted by Gasteiger charge is 2.22. The molecular weight excluding hydrogens is 198 g/mol. The van der Waals surface area contributed by atoms with Crippen LogP contribution in [0.3, 0.4) is 0 Å². The van der Waals surface area contributed by atoms with Crippen molar-refractivity contribution >= 4 is 11.6 Å². The van der Waals surface area contributed by atoms with Crippen molar-refractivity contribution in [2.24, 2.45) is 0 Å². The maximum atomic E-state index is 5.73. The third kappa shape index (κ3) is 1.70. The number of nitrogens with one attached hydrogen (secondary N) is 1. The highest BCUT2D eigenvalue weighted by molar-refractivity contribution is 6.19. The van der Waals surface area contributed by atoms with E-state index < -0.39 is 0 Å². The Hall–Kier alpha value is -1.15. The molecule has 0 fully saturated rings. The van der Waals surface area contributed by atoms with Crippen LogP contribution >= 0.6 is 11.6 Å². The number of hydrogen-bond acceptors (Lipinski definition) is 2. The van der Waals surface area contributed by atoms with Crippen molar-refractivity contribution in [1.82, 2.24) is 5.32 Å². The molecule has 0 aromatic heterocycles. The lowest BCUT2D eigenvalue weighted by Gasteiger charge is -2.12. The predicted octanol–water partition coefficient (Wildman–Crippen LogP) is 2.78. The summed E-state index contributed by atoms with van der Waals surface area (Å²) in [5, 5.41) is 3.24. The van der Waals surface area contributed by atoms with Gasteiger partial charge in [-0.05, 0) is 6.92 Å². The van der Waals surface area contributed by atoms with Crippen LogP contribution < -0.4 is 5.32 Å². The number of rotatable bonds is 2. The first-order valence-corrected chi connectivity index (χ1v) is 5.08. The van der Waals surface area contributed by atoms with Gasteiger partial charge in [0, 0.05) is 5.56 Å². The van der Waals surface area contributed by atoms with Gasteiger partial charge in [0.25, 0.3) is 0 Å². The molecule has 2 rings (SSSR count). The van der Waals surface area contributed by atoms with Gasteiger partial charge in [-0.15, -0.1) is 11.6 Å². The van der Waals surface area contributed by atoms with Crippen molar-refractivity contribution in [3.8, 4) is 0 Å². The lowest BCUT2D eigenvalue weighted by Crippen LogP contribution is -2.13. The molecule has 0 saturated heterocycles. The Morgan fingerprint density at radius 3 is 2.64 bits per heavy atom. The van der Waals surface area contributed by atoms with Crippen LogP contribution in [0.2, 0.25) is 0 Å². The molecule has 0 radical (unpaired) electrons. The van der Waals surface area contributed by atoms with Crippen LogP contribution in [-0.4, -0.2) is 5.88 Å². The minimum Gasteiger partial charge on any atom is -0.468 e. The first-order valence-electron chi connectivity index (χ1n) is 4.55. The van der Waals surface area contributed by atoms with Gasteiger partial charge in [0.15, 0.2) is 6.23 Å². The molecule has 2 nitrogen and oxygen atoms in total. The average molecular weight is 210 g/mol. The highest BCUT2D eigenvalue weighted by atomic mass is 35.5. The third-order valence-electron chi connectivity index (χ3n) is 2.25. The summed E-state index contributed by atoms with van der Waals surface area (Å²) < 4.78 is 5.65. The molecule has 1 atom stereocenters. The zero-order chi connectivity index (χ0) is 9.97. The van der Waals surface area contributed by atoms with Crippen molar-refractivity contribution in [3.05, 3.63) is 47.4 Å². The largest absolute Gasteiger partial charge is 0.468 e. The Balaban J connectivity index is 2.13. The second-order valence-electron chi connectivity index (χ2n) is 3.23. The Kier molecular flexibility index (Phi) is 2.64. The van der Waals surface area contributed by atoms with E-state index >= 15 is 0 Å². The summed E-state index contributed by atoms with van der Waals surface area (Å²) in [6.07, 6.45) is -0.0788. The van der Waals surface area contributed by atoms with Crippen molar-refractivity contribution in [2.75, 3.05) is 5.88 Å². The summed E-state index contributed by atoms with van der Waals surface area (Å²) in [6, 6.07) is 10.0. The first-order chi connectivity index (χ1) is 6.81. The minimum atomic E-state index is -0.0788. The van der Waals surface area contributed by atoms with Gasteiger partial charge >= 0.3 is 0 Å². The Morgan fingerprint density at radius 2 is 2.07 bits per heavy atom. The predicted molar refractivity (Wildman–Crippen MR) is 56.8 cm³/mol. The van der Waals surface area contributed by atoms with E-state index in [1.807, 2.05) is 37.3 Å². The normalized spacial score (nSPS) is 20.6. The van der Waals surface area contributed by atoms with E-state index in [0.29, 0.717) is 5.88 Å². The number of ether oxygens (including phenoxy) is 1. The smallest absolute Gasteiger partial charge is 0.195 e. The molecule has 14 heavy (non-hydrogen) atoms. The molecule has 0 bridgehead atoms. The second kappa shape index (κ2) is 3.93. The monoisotopic (exact) mass is 209 g/mol. The number of alkyl halides is 1. The maximum Gasteiger partial charge on any atom is 0.195 e. The molecule has 1 heterocycles. The molecule has 0 saturated carbocycles. The van der Waals surface area contributed by atoms with E-state index in [4.69, 9.17) is 16.3 Å². The lowest BCUT2D eigenvalue weighted by atomic mass is 10.2. The summed E-state index contributed by atoms with van der Waals surface area (Å²) in [5.74, 6) is 1.25. The summed E-state index contributed by atoms with van der Waals surface area (Å²) in [6.45, 7) is 1.97. The van der Waals surface area contributed by atoms with Gasteiger partial charge in [-0.1, -0.05) is 30.3 Å². The summed E-state index contributed by atoms with van der Waals surface area (Å²) in [7, 11) is 0. The number of allylic oxidation sites excluding steroid dienone is 2. The van der Waals surface area contributed by atoms with Crippen molar-refractivity contribution < 1.29 is 4.74 Å². The maximum absolute atomic E-state index is 5.73. The van der Waals surface area contributed by atoms with Crippen LogP contribution in [-0.2, 0) is 4.74 Å². The van der Waals surface area contributed by atoms with Crippen LogP contribution in [0.1, 0.15) is 18.7 Å². The molecule has 3 heteroatoms. The molecule has 0 aliphatic carbocycles. The number of halogens is 1. The van der Waals surface area contributed by atoms with E-state index in [0.717, 1.165) is 17.0 Å². The van der Waals surface area contributed by atoms with E-state index in [1.165, 1.54) is 0 Å². The summed E-state index contributed by atoms with van der Waals surface area (Å²) in [5.41, 5.74) is 2.14. The molecule has 1 aromatic carbocycles. The van der Waals surface area contributed by atoms with Crippen LogP contribution in [0, 0.1) is 0 Å². The SMILES string of the molecule is CC1=C(CCl)OC(c2ccccc2)N1. The molecule has 1 unspecified atom stereocenters. The van der Waals surface area contributed by atoms with Crippen molar-refractivity contribution in [1.29, 1.82) is 0 Å². The number of benzene rings is 1. The van der Waals surface area contributed by atoms with Crippen molar-refractivity contribution in [3.63, 3.8) is 0 Å². The quantitative estimate of drug-likeness (QED) is 0.757. The molecule has 0 amide bonds. The average Bonchev–Trinajstić information content (AvgIpc) is 2.61. The standard InChI is InChI=1S/C11H12ClNO/c1-8-10(7-12)14-11(13-8)9-5-3-2-4-6-9/h2-6,11,13H,7H2,1H3. The molecular formula is C11H12ClNO. The van der Waals surface area contributed by atoms with Crippen LogP contribution in [0.25, 0.3) is 0 Å². The lowest BCUT2D eigenvalue weighted by molar-refractivity contribution is 0.131. The van der Waals surface area contributed by atoms with Gasteiger partial charge in [-0.3, -0.25) is 0 Å². The van der Waals surface area contributed by atoms with Gasteiger partial charge in [-0.25, -0.2) is 0 Å². The summed E-state index contributed by atoms with van der Waals surface area (Å²) in [4.78, 5) is 0. The highest BCUT2D eigenvalue weighted by Crippen LogP contribution is 2.26. The van der Waals surface area contributed by atoms with Crippen molar-refractivity contribution in [2.45, 2.75) is 13.2 Å². The Morgan fingerprint density at radius 1 is 1.36 bits per heavy atom. The van der Waals surface area contributed by atoms with Gasteiger partial charge < -0.3 is 10.1 Å². The fourth-order valence-electron chi connectivity index (χ4n) is 1.45. The van der Waals surface area contributed by atoms with Gasteiger partial charge in [-0.2, -0.15) is 0 Å². The van der Waals surface area contributed by atoms with Crippen LogP contribution in [0.5, 0.6) is 0 Å². The van der Waals surface area contributed by atoms with E-state index in [1.54, 1.807) is 0 Å². The number of hydrogen-bond donors (Lipinski definition) is 1. The van der Waals surface area contributed by atoms with E-state index in [-0.39, 0.29) is 6.23 Å². The molecule has 0 spiro atoms. The van der Waals surface area contributed by atoms with Gasteiger partial charge in [0.05, 0.1) is 11.6 Å². The molecule has 1 aliphatic heterocycles. The fourth-order valence-corrected chi connectivity index (χ4v) is 1.71. The van der Waals surface area contributed by atoms with E-state index in [9.17, 15) is 0 Å². The Labute approximate surface area is 88.5 Å². The first kappa shape index (κ1) is 9.41. The van der Waals surface area contributed by atoms with E-state index in [2.05, 4.69) is 5.32 Å². The van der Waals surface area contributed by atoms with Gasteiger partial charge in [0.2, 0.25) is 0 Å². The van der Waals surface area contributed by atoms with Crippen LogP contribution in [0.4, 0.5) is 0 Å². The fraction of sp³-hybridized carbons (Fsp3) is 0.273. The third-order valence-corrected chi connectivity index (χ3v) is 2.49. The van der Waals surface area contributed by atoms with Gasteiger partial charge in [0.1, 0.15) is 5.76 Å². The zero-order valence-corrected chi connectivity index (χ0v) is 8.71. The minimum absolute atomic E-state index is 0.0788. The summed E-state index contributed by atoms with van der Waals surface area (Å²) >= 11 is 5.73. The topological polar surface area (TPSA) is 21.3 Å².